The molecule has 1 aliphatic carbocycles. The van der Waals surface area contributed by atoms with E-state index in [9.17, 15) is 5.26 Å². The molecule has 2 heteroatoms. The van der Waals surface area contributed by atoms with Gasteiger partial charge < -0.3 is 4.74 Å². The Bertz CT molecular complexity index is 203. The zero-order valence-corrected chi connectivity index (χ0v) is 9.45. The fourth-order valence-electron chi connectivity index (χ4n) is 3.16. The summed E-state index contributed by atoms with van der Waals surface area (Å²) in [5, 5.41) is 9.34. The van der Waals surface area contributed by atoms with Crippen LogP contribution in [-0.4, -0.2) is 13.2 Å². The van der Waals surface area contributed by atoms with Crippen molar-refractivity contribution < 1.29 is 4.74 Å². The first-order valence-corrected chi connectivity index (χ1v) is 6.39. The molecule has 1 saturated carbocycles. The Kier molecular flexibility index (Phi) is 4.02. The second kappa shape index (κ2) is 5.51. The van der Waals surface area contributed by atoms with Crippen LogP contribution in [0.15, 0.2) is 0 Å². The Morgan fingerprint density at radius 2 is 1.53 bits per heavy atom. The van der Waals surface area contributed by atoms with Gasteiger partial charge in [0.15, 0.2) is 0 Å². The molecule has 2 aliphatic rings. The van der Waals surface area contributed by atoms with Crippen molar-refractivity contribution in [3.63, 3.8) is 0 Å². The van der Waals surface area contributed by atoms with Crippen LogP contribution in [-0.2, 0) is 4.74 Å². The molecular formula is C13H21NO. The number of rotatable bonds is 2. The first-order chi connectivity index (χ1) is 7.42. The average molecular weight is 207 g/mol. The summed E-state index contributed by atoms with van der Waals surface area (Å²) in [5.74, 6) is 1.62. The number of nitrogens with zero attached hydrogens (tertiary/aromatic N) is 1. The monoisotopic (exact) mass is 207 g/mol. The quantitative estimate of drug-likeness (QED) is 0.697. The van der Waals surface area contributed by atoms with E-state index in [2.05, 4.69) is 6.07 Å². The predicted octanol–water partition coefficient (Wildman–Crippen LogP) is 3.13. The Hall–Kier alpha value is -0.550. The minimum Gasteiger partial charge on any atom is -0.381 e. The molecule has 0 aromatic carbocycles. The van der Waals surface area contributed by atoms with Crippen molar-refractivity contribution >= 4 is 0 Å². The van der Waals surface area contributed by atoms with E-state index in [4.69, 9.17) is 4.74 Å². The summed E-state index contributed by atoms with van der Waals surface area (Å²) in [6.07, 6.45) is 8.84. The maximum absolute atomic E-state index is 9.34. The van der Waals surface area contributed by atoms with E-state index in [-0.39, 0.29) is 0 Å². The van der Waals surface area contributed by atoms with Crippen LogP contribution in [0.3, 0.4) is 0 Å². The summed E-state index contributed by atoms with van der Waals surface area (Å²) < 4.78 is 5.37. The van der Waals surface area contributed by atoms with Crippen LogP contribution < -0.4 is 0 Å². The maximum atomic E-state index is 9.34. The molecule has 1 saturated heterocycles. The van der Waals surface area contributed by atoms with Gasteiger partial charge in [-0.25, -0.2) is 0 Å². The lowest BCUT2D eigenvalue weighted by atomic mass is 9.72. The summed E-state index contributed by atoms with van der Waals surface area (Å²) in [5.41, 5.74) is 0. The van der Waals surface area contributed by atoms with Crippen LogP contribution in [0, 0.1) is 29.1 Å². The van der Waals surface area contributed by atoms with Crippen molar-refractivity contribution in [2.24, 2.45) is 17.8 Å². The highest BCUT2D eigenvalue weighted by atomic mass is 16.5. The predicted molar refractivity (Wildman–Crippen MR) is 59.2 cm³/mol. The summed E-state index contributed by atoms with van der Waals surface area (Å²) in [6.45, 7) is 1.74. The van der Waals surface area contributed by atoms with Gasteiger partial charge in [0.05, 0.1) is 12.0 Å². The van der Waals surface area contributed by atoms with Gasteiger partial charge in [-0.2, -0.15) is 5.26 Å². The van der Waals surface area contributed by atoms with Gasteiger partial charge in [0, 0.05) is 13.2 Å². The van der Waals surface area contributed by atoms with Gasteiger partial charge in [0.25, 0.3) is 0 Å². The molecule has 0 bridgehead atoms. The SMILES string of the molecule is N#CC(C1CCCCC1)C1CCOCC1. The molecule has 0 spiro atoms. The molecule has 1 aliphatic heterocycles. The Morgan fingerprint density at radius 1 is 0.933 bits per heavy atom. The van der Waals surface area contributed by atoms with Gasteiger partial charge in [-0.3, -0.25) is 0 Å². The van der Waals surface area contributed by atoms with Crippen molar-refractivity contribution in [2.45, 2.75) is 44.9 Å². The van der Waals surface area contributed by atoms with E-state index in [1.54, 1.807) is 0 Å². The molecule has 1 atom stereocenters. The van der Waals surface area contributed by atoms with Crippen LogP contribution in [0.25, 0.3) is 0 Å². The largest absolute Gasteiger partial charge is 0.381 e. The smallest absolute Gasteiger partial charge is 0.0661 e. The highest BCUT2D eigenvalue weighted by Crippen LogP contribution is 2.37. The minimum absolute atomic E-state index is 0.314. The van der Waals surface area contributed by atoms with Crippen molar-refractivity contribution in [1.82, 2.24) is 0 Å². The van der Waals surface area contributed by atoms with Gasteiger partial charge in [0.2, 0.25) is 0 Å². The highest BCUT2D eigenvalue weighted by molar-refractivity contribution is 4.94. The molecule has 15 heavy (non-hydrogen) atoms. The molecule has 0 radical (unpaired) electrons. The van der Waals surface area contributed by atoms with Crippen LogP contribution in [0.4, 0.5) is 0 Å². The lowest BCUT2D eigenvalue weighted by Gasteiger charge is -2.33. The maximum Gasteiger partial charge on any atom is 0.0661 e. The highest BCUT2D eigenvalue weighted by Gasteiger charge is 2.31. The molecule has 84 valence electrons. The zero-order chi connectivity index (χ0) is 10.5. The Morgan fingerprint density at radius 3 is 2.13 bits per heavy atom. The third-order valence-electron chi connectivity index (χ3n) is 4.08. The second-order valence-corrected chi connectivity index (χ2v) is 5.00. The molecule has 0 N–H and O–H groups in total. The van der Waals surface area contributed by atoms with Gasteiger partial charge in [-0.15, -0.1) is 0 Å². The van der Waals surface area contributed by atoms with Crippen molar-refractivity contribution in [2.75, 3.05) is 13.2 Å². The van der Waals surface area contributed by atoms with E-state index >= 15 is 0 Å². The number of ether oxygens (including phenoxy) is 1. The first kappa shape index (κ1) is 11.0. The molecule has 2 rings (SSSR count). The average Bonchev–Trinajstić information content (AvgIpc) is 2.33. The van der Waals surface area contributed by atoms with Crippen LogP contribution in [0.5, 0.6) is 0 Å². The molecule has 2 nitrogen and oxygen atoms in total. The molecule has 1 unspecified atom stereocenters. The van der Waals surface area contributed by atoms with Gasteiger partial charge in [-0.05, 0) is 37.5 Å². The zero-order valence-electron chi connectivity index (χ0n) is 9.45. The van der Waals surface area contributed by atoms with E-state index < -0.39 is 0 Å². The summed E-state index contributed by atoms with van der Waals surface area (Å²) in [7, 11) is 0. The summed E-state index contributed by atoms with van der Waals surface area (Å²) >= 11 is 0. The van der Waals surface area contributed by atoms with Crippen molar-refractivity contribution in [3.8, 4) is 6.07 Å². The van der Waals surface area contributed by atoms with Crippen molar-refractivity contribution in [1.29, 1.82) is 5.26 Å². The van der Waals surface area contributed by atoms with Crippen LogP contribution in [0.1, 0.15) is 44.9 Å². The van der Waals surface area contributed by atoms with E-state index in [0.29, 0.717) is 17.8 Å². The number of nitriles is 1. The lowest BCUT2D eigenvalue weighted by molar-refractivity contribution is 0.0417. The molecule has 0 aromatic heterocycles. The fourth-order valence-corrected chi connectivity index (χ4v) is 3.16. The minimum atomic E-state index is 0.314. The first-order valence-electron chi connectivity index (χ1n) is 6.39. The van der Waals surface area contributed by atoms with Crippen LogP contribution >= 0.6 is 0 Å². The fraction of sp³-hybridized carbons (Fsp3) is 0.923. The van der Waals surface area contributed by atoms with Gasteiger partial charge in [0.1, 0.15) is 0 Å². The number of hydrogen-bond acceptors (Lipinski definition) is 2. The number of hydrogen-bond donors (Lipinski definition) is 0. The molecule has 1 heterocycles. The lowest BCUT2D eigenvalue weighted by Crippen LogP contribution is -2.29. The summed E-state index contributed by atoms with van der Waals surface area (Å²) in [6, 6.07) is 2.59. The molecular weight excluding hydrogens is 186 g/mol. The van der Waals surface area contributed by atoms with Gasteiger partial charge in [-0.1, -0.05) is 19.3 Å². The second-order valence-electron chi connectivity index (χ2n) is 5.00. The van der Waals surface area contributed by atoms with E-state index in [1.807, 2.05) is 0 Å². The Balaban J connectivity index is 1.92. The van der Waals surface area contributed by atoms with E-state index in [1.165, 1.54) is 32.1 Å². The third-order valence-corrected chi connectivity index (χ3v) is 4.08. The molecule has 0 aromatic rings. The van der Waals surface area contributed by atoms with E-state index in [0.717, 1.165) is 26.1 Å². The Labute approximate surface area is 92.6 Å². The normalized spacial score (nSPS) is 27.1. The van der Waals surface area contributed by atoms with Crippen LogP contribution in [0.2, 0.25) is 0 Å². The third kappa shape index (κ3) is 2.72. The standard InChI is InChI=1S/C13H21NO/c14-10-13(11-4-2-1-3-5-11)12-6-8-15-9-7-12/h11-13H,1-9H2. The van der Waals surface area contributed by atoms with Crippen molar-refractivity contribution in [3.05, 3.63) is 0 Å². The molecule has 0 amide bonds. The summed E-state index contributed by atoms with van der Waals surface area (Å²) in [4.78, 5) is 0. The topological polar surface area (TPSA) is 33.0 Å². The van der Waals surface area contributed by atoms with Gasteiger partial charge >= 0.3 is 0 Å². The molecule has 2 fully saturated rings.